The van der Waals surface area contributed by atoms with Crippen LogP contribution in [0, 0.1) is 5.82 Å². The molecule has 11 heteroatoms. The molecule has 0 fully saturated rings. The molecule has 0 spiro atoms. The van der Waals surface area contributed by atoms with E-state index >= 15 is 0 Å². The van der Waals surface area contributed by atoms with Crippen molar-refractivity contribution in [3.05, 3.63) is 108 Å². The number of amides is 1. The summed E-state index contributed by atoms with van der Waals surface area (Å²) in [6.45, 7) is 3.03. The van der Waals surface area contributed by atoms with E-state index in [0.29, 0.717) is 34.0 Å². The number of anilines is 1. The maximum Gasteiger partial charge on any atom is 0.260 e. The van der Waals surface area contributed by atoms with Gasteiger partial charge in [-0.2, -0.15) is 9.40 Å². The Morgan fingerprint density at radius 2 is 1.79 bits per heavy atom. The topological polar surface area (TPSA) is 88.4 Å². The third-order valence-corrected chi connectivity index (χ3v) is 9.20. The van der Waals surface area contributed by atoms with Gasteiger partial charge >= 0.3 is 0 Å². The van der Waals surface area contributed by atoms with E-state index in [1.807, 2.05) is 30.3 Å². The molecule has 200 valence electrons. The minimum atomic E-state index is -3.77. The summed E-state index contributed by atoms with van der Waals surface area (Å²) in [7, 11) is -3.77. The summed E-state index contributed by atoms with van der Waals surface area (Å²) in [5, 5.41) is 4.62. The first-order chi connectivity index (χ1) is 18.8. The fourth-order valence-corrected chi connectivity index (χ4v) is 6.60. The van der Waals surface area contributed by atoms with Gasteiger partial charge in [0.15, 0.2) is 5.13 Å². The zero-order valence-electron chi connectivity index (χ0n) is 21.1. The second-order valence-corrected chi connectivity index (χ2v) is 11.7. The van der Waals surface area contributed by atoms with E-state index in [9.17, 15) is 17.6 Å². The maximum absolute atomic E-state index is 13.8. The quantitative estimate of drug-likeness (QED) is 0.233. The number of carbonyl (C=O) groups is 1. The molecule has 2 heterocycles. The van der Waals surface area contributed by atoms with Crippen LogP contribution in [0.1, 0.15) is 22.8 Å². The van der Waals surface area contributed by atoms with E-state index in [1.54, 1.807) is 36.1 Å². The molecule has 0 unspecified atom stereocenters. The molecule has 3 aromatic carbocycles. The fourth-order valence-electron chi connectivity index (χ4n) is 4.15. The second-order valence-electron chi connectivity index (χ2n) is 8.78. The summed E-state index contributed by atoms with van der Waals surface area (Å²) >= 11 is 1.22. The molecule has 2 aromatic heterocycles. The number of aromatic nitrogens is 3. The molecule has 0 saturated heterocycles. The fraction of sp³-hybridized carbons (Fsp3) is 0.179. The highest BCUT2D eigenvalue weighted by Crippen LogP contribution is 2.30. The summed E-state index contributed by atoms with van der Waals surface area (Å²) < 4.78 is 44.2. The van der Waals surface area contributed by atoms with Crippen molar-refractivity contribution in [2.45, 2.75) is 24.9 Å². The van der Waals surface area contributed by atoms with Gasteiger partial charge in [-0.25, -0.2) is 17.8 Å². The van der Waals surface area contributed by atoms with Gasteiger partial charge in [0.25, 0.3) is 5.91 Å². The highest BCUT2D eigenvalue weighted by molar-refractivity contribution is 7.89. The number of rotatable bonds is 10. The Morgan fingerprint density at radius 1 is 1.03 bits per heavy atom. The molecule has 0 aliphatic heterocycles. The largest absolute Gasteiger partial charge is 0.282 e. The number of hydrogen-bond acceptors (Lipinski definition) is 6. The van der Waals surface area contributed by atoms with Gasteiger partial charge in [0.05, 0.1) is 21.7 Å². The molecule has 1 amide bonds. The molecule has 5 aromatic rings. The van der Waals surface area contributed by atoms with Gasteiger partial charge in [-0.15, -0.1) is 0 Å². The first-order valence-electron chi connectivity index (χ1n) is 12.3. The number of carbonyl (C=O) groups excluding carboxylic acids is 1. The van der Waals surface area contributed by atoms with Crippen LogP contribution < -0.4 is 4.90 Å². The van der Waals surface area contributed by atoms with E-state index in [0.717, 1.165) is 5.56 Å². The molecule has 5 rings (SSSR count). The lowest BCUT2D eigenvalue weighted by Crippen LogP contribution is -2.34. The number of nitrogens with zero attached hydrogens (tertiary/aromatic N) is 5. The lowest BCUT2D eigenvalue weighted by atomic mass is 10.2. The Bertz CT molecular complexity index is 1670. The molecular weight excluding hydrogens is 537 g/mol. The first kappa shape index (κ1) is 26.7. The van der Waals surface area contributed by atoms with Crippen LogP contribution in [0.25, 0.3) is 10.2 Å². The number of thiazole rings is 1. The van der Waals surface area contributed by atoms with E-state index in [2.05, 4.69) is 10.1 Å². The second kappa shape index (κ2) is 11.4. The Hall–Kier alpha value is -3.93. The summed E-state index contributed by atoms with van der Waals surface area (Å²) in [5.41, 5.74) is 1.79. The third kappa shape index (κ3) is 5.90. The van der Waals surface area contributed by atoms with Gasteiger partial charge in [0.1, 0.15) is 5.82 Å². The summed E-state index contributed by atoms with van der Waals surface area (Å²) in [6, 6.07) is 21.4. The van der Waals surface area contributed by atoms with Crippen molar-refractivity contribution >= 4 is 42.6 Å². The van der Waals surface area contributed by atoms with Crippen LogP contribution in [0.15, 0.2) is 96.2 Å². The summed E-state index contributed by atoms with van der Waals surface area (Å²) in [4.78, 5) is 19.8. The molecule has 8 nitrogen and oxygen atoms in total. The van der Waals surface area contributed by atoms with E-state index in [4.69, 9.17) is 0 Å². The van der Waals surface area contributed by atoms with Crippen molar-refractivity contribution in [2.75, 3.05) is 18.0 Å². The molecule has 0 atom stereocenters. The number of sulfonamides is 1. The minimum absolute atomic E-state index is 0.107. The zero-order chi connectivity index (χ0) is 27.4. The van der Waals surface area contributed by atoms with Gasteiger partial charge in [0, 0.05) is 37.6 Å². The van der Waals surface area contributed by atoms with Gasteiger partial charge in [-0.05, 0) is 54.1 Å². The molecule has 0 saturated carbocycles. The van der Waals surface area contributed by atoms with Crippen molar-refractivity contribution in [3.63, 3.8) is 0 Å². The number of benzene rings is 3. The Balaban J connectivity index is 1.41. The highest BCUT2D eigenvalue weighted by Gasteiger charge is 2.25. The Labute approximate surface area is 230 Å². The van der Waals surface area contributed by atoms with Crippen molar-refractivity contribution in [1.82, 2.24) is 19.1 Å². The predicted molar refractivity (Wildman–Crippen MR) is 150 cm³/mol. The van der Waals surface area contributed by atoms with Crippen molar-refractivity contribution in [1.29, 1.82) is 0 Å². The molecule has 0 aliphatic carbocycles. The van der Waals surface area contributed by atoms with Gasteiger partial charge in [-0.3, -0.25) is 14.4 Å². The third-order valence-electron chi connectivity index (χ3n) is 6.22. The van der Waals surface area contributed by atoms with Crippen LogP contribution in [-0.4, -0.2) is 46.5 Å². The molecule has 0 N–H and O–H groups in total. The minimum Gasteiger partial charge on any atom is -0.282 e. The predicted octanol–water partition coefficient (Wildman–Crippen LogP) is 5.19. The van der Waals surface area contributed by atoms with Crippen molar-refractivity contribution < 1.29 is 17.6 Å². The number of hydrogen-bond donors (Lipinski definition) is 0. The highest BCUT2D eigenvalue weighted by atomic mass is 32.2. The smallest absolute Gasteiger partial charge is 0.260 e. The van der Waals surface area contributed by atoms with Gasteiger partial charge < -0.3 is 0 Å². The van der Waals surface area contributed by atoms with Crippen LogP contribution in [0.2, 0.25) is 0 Å². The van der Waals surface area contributed by atoms with Crippen LogP contribution in [0.5, 0.6) is 0 Å². The van der Waals surface area contributed by atoms with Crippen LogP contribution in [0.3, 0.4) is 0 Å². The zero-order valence-corrected chi connectivity index (χ0v) is 22.8. The lowest BCUT2D eigenvalue weighted by Gasteiger charge is -2.22. The molecule has 39 heavy (non-hydrogen) atoms. The van der Waals surface area contributed by atoms with E-state index in [1.165, 1.54) is 56.9 Å². The average molecular weight is 564 g/mol. The van der Waals surface area contributed by atoms with E-state index < -0.39 is 10.0 Å². The summed E-state index contributed by atoms with van der Waals surface area (Å²) in [5.74, 6) is -0.723. The Kier molecular flexibility index (Phi) is 7.82. The SMILES string of the molecule is CCN(Cc1ccccc1)S(=O)(=O)c1ccc(C(=O)N(CCn2cccn2)c2nc3ccc(F)cc3s2)cc1. The Morgan fingerprint density at radius 3 is 2.49 bits per heavy atom. The summed E-state index contributed by atoms with van der Waals surface area (Å²) in [6.07, 6.45) is 3.45. The van der Waals surface area contributed by atoms with Crippen molar-refractivity contribution in [3.8, 4) is 0 Å². The molecule has 0 aliphatic rings. The number of halogens is 1. The van der Waals surface area contributed by atoms with Crippen molar-refractivity contribution in [2.24, 2.45) is 0 Å². The number of fused-ring (bicyclic) bond motifs is 1. The molecule has 0 bridgehead atoms. The first-order valence-corrected chi connectivity index (χ1v) is 14.6. The van der Waals surface area contributed by atoms with Gasteiger partial charge in [-0.1, -0.05) is 48.6 Å². The normalized spacial score (nSPS) is 11.8. The average Bonchev–Trinajstić information content (AvgIpc) is 3.62. The van der Waals surface area contributed by atoms with Crippen LogP contribution in [-0.2, 0) is 23.1 Å². The molecular formula is C28H26FN5O3S2. The maximum atomic E-state index is 13.8. The van der Waals surface area contributed by atoms with Gasteiger partial charge in [0.2, 0.25) is 10.0 Å². The monoisotopic (exact) mass is 563 g/mol. The van der Waals surface area contributed by atoms with Crippen LogP contribution in [0.4, 0.5) is 9.52 Å². The molecule has 0 radical (unpaired) electrons. The lowest BCUT2D eigenvalue weighted by molar-refractivity contribution is 0.0985. The standard InChI is InChI=1S/C28H26FN5O3S2/c1-2-33(20-21-7-4-3-5-8-21)39(36,37)24-12-9-22(10-13-24)27(35)34(18-17-32-16-6-15-30-32)28-31-25-14-11-23(29)19-26(25)38-28/h3-16,19H,2,17-18,20H2,1H3. The van der Waals surface area contributed by atoms with E-state index in [-0.39, 0.29) is 29.7 Å². The van der Waals surface area contributed by atoms with Crippen LogP contribution >= 0.6 is 11.3 Å².